The predicted molar refractivity (Wildman–Crippen MR) is 82.0 cm³/mol. The summed E-state index contributed by atoms with van der Waals surface area (Å²) < 4.78 is 7.10. The summed E-state index contributed by atoms with van der Waals surface area (Å²) in [6, 6.07) is 13.8. The molecule has 0 unspecified atom stereocenters. The molecule has 4 rings (SSSR count). The standard InChI is InChI=1S/C16H13N5O/c1-10-4-3-5-12(8-10)16-17-15(19-22-16)11-6-7-14-13(9-11)18-20-21(14)2/h3-9H,1-2H3. The first-order valence-electron chi connectivity index (χ1n) is 6.91. The van der Waals surface area contributed by atoms with Gasteiger partial charge in [0.05, 0.1) is 5.52 Å². The maximum Gasteiger partial charge on any atom is 0.258 e. The fourth-order valence-corrected chi connectivity index (χ4v) is 2.42. The summed E-state index contributed by atoms with van der Waals surface area (Å²) in [4.78, 5) is 4.47. The number of nitrogens with zero attached hydrogens (tertiary/aromatic N) is 5. The van der Waals surface area contributed by atoms with Crippen LogP contribution in [-0.2, 0) is 7.05 Å². The number of hydrogen-bond acceptors (Lipinski definition) is 5. The molecule has 6 nitrogen and oxygen atoms in total. The molecular weight excluding hydrogens is 278 g/mol. The van der Waals surface area contributed by atoms with Crippen molar-refractivity contribution in [3.05, 3.63) is 48.0 Å². The highest BCUT2D eigenvalue weighted by Crippen LogP contribution is 2.24. The summed E-state index contributed by atoms with van der Waals surface area (Å²) in [5.74, 6) is 1.06. The van der Waals surface area contributed by atoms with Crippen molar-refractivity contribution in [1.29, 1.82) is 0 Å². The van der Waals surface area contributed by atoms with Crippen molar-refractivity contribution in [3.8, 4) is 22.8 Å². The highest BCUT2D eigenvalue weighted by molar-refractivity contribution is 5.80. The van der Waals surface area contributed by atoms with Gasteiger partial charge in [-0.1, -0.05) is 28.1 Å². The third kappa shape index (κ3) is 2.05. The summed E-state index contributed by atoms with van der Waals surface area (Å²) in [5.41, 5.74) is 4.70. The van der Waals surface area contributed by atoms with E-state index in [4.69, 9.17) is 4.52 Å². The van der Waals surface area contributed by atoms with E-state index in [1.807, 2.05) is 56.4 Å². The molecule has 0 saturated heterocycles. The van der Waals surface area contributed by atoms with Crippen molar-refractivity contribution in [3.63, 3.8) is 0 Å². The van der Waals surface area contributed by atoms with Crippen LogP contribution in [0, 0.1) is 6.92 Å². The van der Waals surface area contributed by atoms with Gasteiger partial charge in [0, 0.05) is 18.2 Å². The van der Waals surface area contributed by atoms with Gasteiger partial charge in [-0.25, -0.2) is 4.68 Å². The van der Waals surface area contributed by atoms with E-state index in [0.717, 1.165) is 27.7 Å². The van der Waals surface area contributed by atoms with Crippen LogP contribution in [0.1, 0.15) is 5.56 Å². The minimum Gasteiger partial charge on any atom is -0.334 e. The molecule has 0 aliphatic rings. The van der Waals surface area contributed by atoms with E-state index in [1.165, 1.54) is 0 Å². The normalized spacial score (nSPS) is 11.2. The van der Waals surface area contributed by atoms with E-state index >= 15 is 0 Å². The van der Waals surface area contributed by atoms with Gasteiger partial charge in [-0.15, -0.1) is 5.10 Å². The number of fused-ring (bicyclic) bond motifs is 1. The number of hydrogen-bond donors (Lipinski definition) is 0. The van der Waals surface area contributed by atoms with Crippen molar-refractivity contribution in [2.24, 2.45) is 7.05 Å². The van der Waals surface area contributed by atoms with E-state index in [2.05, 4.69) is 20.5 Å². The maximum absolute atomic E-state index is 5.38. The molecule has 2 aromatic heterocycles. The molecular formula is C16H13N5O. The second-order valence-electron chi connectivity index (χ2n) is 5.21. The van der Waals surface area contributed by atoms with Crippen molar-refractivity contribution in [2.75, 3.05) is 0 Å². The Bertz CT molecular complexity index is 970. The van der Waals surface area contributed by atoms with Crippen molar-refractivity contribution in [1.82, 2.24) is 25.1 Å². The molecule has 0 aliphatic carbocycles. The molecule has 2 heterocycles. The molecule has 0 atom stereocenters. The first-order valence-corrected chi connectivity index (χ1v) is 6.91. The van der Waals surface area contributed by atoms with Crippen LogP contribution < -0.4 is 0 Å². The molecule has 108 valence electrons. The van der Waals surface area contributed by atoms with Crippen LogP contribution in [0.15, 0.2) is 47.0 Å². The summed E-state index contributed by atoms with van der Waals surface area (Å²) in [5, 5.41) is 12.2. The Morgan fingerprint density at radius 2 is 1.95 bits per heavy atom. The maximum atomic E-state index is 5.38. The van der Waals surface area contributed by atoms with Gasteiger partial charge in [-0.2, -0.15) is 4.98 Å². The van der Waals surface area contributed by atoms with Crippen LogP contribution in [-0.4, -0.2) is 25.1 Å². The number of benzene rings is 2. The topological polar surface area (TPSA) is 69.6 Å². The largest absolute Gasteiger partial charge is 0.334 e. The Balaban J connectivity index is 1.76. The van der Waals surface area contributed by atoms with Gasteiger partial charge in [-0.3, -0.25) is 0 Å². The quantitative estimate of drug-likeness (QED) is 0.568. The van der Waals surface area contributed by atoms with Crippen LogP contribution in [0.25, 0.3) is 33.9 Å². The van der Waals surface area contributed by atoms with Crippen LogP contribution in [0.5, 0.6) is 0 Å². The molecule has 0 aliphatic heterocycles. The van der Waals surface area contributed by atoms with Gasteiger partial charge in [0.25, 0.3) is 5.89 Å². The fourth-order valence-electron chi connectivity index (χ4n) is 2.42. The van der Waals surface area contributed by atoms with E-state index in [-0.39, 0.29) is 0 Å². The van der Waals surface area contributed by atoms with Gasteiger partial charge in [0.15, 0.2) is 0 Å². The van der Waals surface area contributed by atoms with E-state index in [9.17, 15) is 0 Å². The van der Waals surface area contributed by atoms with Gasteiger partial charge in [0.2, 0.25) is 5.82 Å². The number of aryl methyl sites for hydroxylation is 2. The SMILES string of the molecule is Cc1cccc(-c2nc(-c3ccc4c(c3)nnn4C)no2)c1. The highest BCUT2D eigenvalue weighted by Gasteiger charge is 2.12. The second-order valence-corrected chi connectivity index (χ2v) is 5.21. The number of aromatic nitrogens is 5. The fraction of sp³-hybridized carbons (Fsp3) is 0.125. The zero-order valence-electron chi connectivity index (χ0n) is 12.2. The minimum atomic E-state index is 0.512. The molecule has 0 saturated carbocycles. The molecule has 0 spiro atoms. The lowest BCUT2D eigenvalue weighted by Gasteiger charge is -1.96. The Morgan fingerprint density at radius 3 is 2.82 bits per heavy atom. The van der Waals surface area contributed by atoms with Gasteiger partial charge in [-0.05, 0) is 37.3 Å². The van der Waals surface area contributed by atoms with Gasteiger partial charge in [0.1, 0.15) is 5.52 Å². The summed E-state index contributed by atoms with van der Waals surface area (Å²) in [6.07, 6.45) is 0. The number of rotatable bonds is 2. The molecule has 0 bridgehead atoms. The van der Waals surface area contributed by atoms with E-state index in [1.54, 1.807) is 4.68 Å². The zero-order valence-corrected chi connectivity index (χ0v) is 12.2. The van der Waals surface area contributed by atoms with Crippen LogP contribution in [0.4, 0.5) is 0 Å². The molecule has 4 aromatic rings. The third-order valence-electron chi connectivity index (χ3n) is 3.56. The van der Waals surface area contributed by atoms with Crippen molar-refractivity contribution >= 4 is 11.0 Å². The molecule has 0 N–H and O–H groups in total. The first kappa shape index (κ1) is 12.7. The van der Waals surface area contributed by atoms with E-state index in [0.29, 0.717) is 11.7 Å². The first-order chi connectivity index (χ1) is 10.7. The molecule has 0 fully saturated rings. The smallest absolute Gasteiger partial charge is 0.258 e. The Kier molecular flexibility index (Phi) is 2.75. The lowest BCUT2D eigenvalue weighted by atomic mass is 10.1. The van der Waals surface area contributed by atoms with Gasteiger partial charge >= 0.3 is 0 Å². The van der Waals surface area contributed by atoms with E-state index < -0.39 is 0 Å². The van der Waals surface area contributed by atoms with Crippen LogP contribution in [0.3, 0.4) is 0 Å². The Morgan fingerprint density at radius 1 is 1.05 bits per heavy atom. The molecule has 0 radical (unpaired) electrons. The van der Waals surface area contributed by atoms with Crippen LogP contribution in [0.2, 0.25) is 0 Å². The van der Waals surface area contributed by atoms with Crippen molar-refractivity contribution < 1.29 is 4.52 Å². The zero-order chi connectivity index (χ0) is 15.1. The lowest BCUT2D eigenvalue weighted by Crippen LogP contribution is -1.89. The second kappa shape index (κ2) is 4.77. The molecule has 0 amide bonds. The molecule has 6 heteroatoms. The predicted octanol–water partition coefficient (Wildman–Crippen LogP) is 2.99. The molecule has 2 aromatic carbocycles. The minimum absolute atomic E-state index is 0.512. The lowest BCUT2D eigenvalue weighted by molar-refractivity contribution is 0.432. The monoisotopic (exact) mass is 291 g/mol. The summed E-state index contributed by atoms with van der Waals surface area (Å²) in [6.45, 7) is 2.03. The molecule has 22 heavy (non-hydrogen) atoms. The average molecular weight is 291 g/mol. The Labute approximate surface area is 126 Å². The third-order valence-corrected chi connectivity index (χ3v) is 3.56. The summed E-state index contributed by atoms with van der Waals surface area (Å²) in [7, 11) is 1.86. The summed E-state index contributed by atoms with van der Waals surface area (Å²) >= 11 is 0. The van der Waals surface area contributed by atoms with Crippen molar-refractivity contribution in [2.45, 2.75) is 6.92 Å². The average Bonchev–Trinajstić information content (AvgIpc) is 3.15. The highest BCUT2D eigenvalue weighted by atomic mass is 16.5. The Hall–Kier alpha value is -3.02. The van der Waals surface area contributed by atoms with Gasteiger partial charge < -0.3 is 4.52 Å². The van der Waals surface area contributed by atoms with Crippen LogP contribution >= 0.6 is 0 Å².